The van der Waals surface area contributed by atoms with Gasteiger partial charge in [-0.2, -0.15) is 0 Å². The highest BCUT2D eigenvalue weighted by Gasteiger charge is 2.23. The number of phenols is 1. The highest BCUT2D eigenvalue weighted by molar-refractivity contribution is 5.77. The van der Waals surface area contributed by atoms with Crippen LogP contribution in [0.15, 0.2) is 47.1 Å². The minimum atomic E-state index is 0.141. The second kappa shape index (κ2) is 7.40. The SMILES string of the molecule is C[C@@H]([NH2+]CC(=O)N1CCN(c2ccc(O)cc2)CC1)c1ccco1. The summed E-state index contributed by atoms with van der Waals surface area (Å²) < 4.78 is 5.36. The number of piperazine rings is 1. The molecule has 24 heavy (non-hydrogen) atoms. The number of benzene rings is 1. The quantitative estimate of drug-likeness (QED) is 0.856. The standard InChI is InChI=1S/C18H23N3O3/c1-14(17-3-2-12-24-17)19-13-18(23)21-10-8-20(9-11-21)15-4-6-16(22)7-5-15/h2-7,12,14,19,22H,8-11,13H2,1H3/p+1/t14-/m1/s1. The van der Waals surface area contributed by atoms with Gasteiger partial charge in [-0.25, -0.2) is 0 Å². The minimum Gasteiger partial charge on any atom is -0.508 e. The summed E-state index contributed by atoms with van der Waals surface area (Å²) in [6.45, 7) is 5.54. The lowest BCUT2D eigenvalue weighted by molar-refractivity contribution is -0.685. The fourth-order valence-electron chi connectivity index (χ4n) is 2.95. The van der Waals surface area contributed by atoms with Gasteiger partial charge in [0.1, 0.15) is 11.8 Å². The van der Waals surface area contributed by atoms with Crippen LogP contribution in [0.25, 0.3) is 0 Å². The number of anilines is 1. The number of furan rings is 1. The molecule has 0 aliphatic carbocycles. The summed E-state index contributed by atoms with van der Waals surface area (Å²) >= 11 is 0. The van der Waals surface area contributed by atoms with Gasteiger partial charge in [0.25, 0.3) is 5.91 Å². The molecule has 1 amide bonds. The molecule has 1 saturated heterocycles. The normalized spacial score (nSPS) is 16.2. The van der Waals surface area contributed by atoms with E-state index >= 15 is 0 Å². The maximum atomic E-state index is 12.4. The number of nitrogens with zero attached hydrogens (tertiary/aromatic N) is 2. The average molecular weight is 330 g/mol. The number of aromatic hydroxyl groups is 1. The first-order valence-electron chi connectivity index (χ1n) is 8.32. The van der Waals surface area contributed by atoms with E-state index in [2.05, 4.69) is 4.90 Å². The summed E-state index contributed by atoms with van der Waals surface area (Å²) in [7, 11) is 0. The van der Waals surface area contributed by atoms with E-state index in [0.717, 1.165) is 37.6 Å². The zero-order chi connectivity index (χ0) is 16.9. The zero-order valence-electron chi connectivity index (χ0n) is 13.9. The van der Waals surface area contributed by atoms with Gasteiger partial charge in [0, 0.05) is 31.9 Å². The predicted octanol–water partition coefficient (Wildman–Crippen LogP) is 0.958. The lowest BCUT2D eigenvalue weighted by Gasteiger charge is -2.35. The minimum absolute atomic E-state index is 0.141. The number of rotatable bonds is 5. The fraction of sp³-hybridized carbons (Fsp3) is 0.389. The van der Waals surface area contributed by atoms with Crippen LogP contribution in [0.4, 0.5) is 5.69 Å². The van der Waals surface area contributed by atoms with Crippen molar-refractivity contribution in [2.24, 2.45) is 0 Å². The second-order valence-corrected chi connectivity index (χ2v) is 6.13. The lowest BCUT2D eigenvalue weighted by Crippen LogP contribution is -2.87. The van der Waals surface area contributed by atoms with Crippen LogP contribution in [-0.2, 0) is 4.79 Å². The van der Waals surface area contributed by atoms with Gasteiger partial charge in [0.05, 0.1) is 6.26 Å². The maximum absolute atomic E-state index is 12.4. The van der Waals surface area contributed by atoms with E-state index in [1.54, 1.807) is 18.4 Å². The molecule has 2 aromatic rings. The second-order valence-electron chi connectivity index (χ2n) is 6.13. The Balaban J connectivity index is 1.45. The van der Waals surface area contributed by atoms with E-state index in [1.807, 2.05) is 41.4 Å². The summed E-state index contributed by atoms with van der Waals surface area (Å²) in [5.41, 5.74) is 1.08. The van der Waals surface area contributed by atoms with Crippen LogP contribution in [-0.4, -0.2) is 48.6 Å². The molecule has 2 heterocycles. The smallest absolute Gasteiger partial charge is 0.277 e. The Morgan fingerprint density at radius 2 is 1.92 bits per heavy atom. The predicted molar refractivity (Wildman–Crippen MR) is 90.8 cm³/mol. The molecular formula is C18H24N3O3+. The maximum Gasteiger partial charge on any atom is 0.277 e. The van der Waals surface area contributed by atoms with Gasteiger partial charge in [-0.05, 0) is 43.3 Å². The fourth-order valence-corrected chi connectivity index (χ4v) is 2.95. The molecule has 128 valence electrons. The van der Waals surface area contributed by atoms with Crippen molar-refractivity contribution in [2.45, 2.75) is 13.0 Å². The van der Waals surface area contributed by atoms with Crippen LogP contribution < -0.4 is 10.2 Å². The van der Waals surface area contributed by atoms with E-state index in [1.165, 1.54) is 0 Å². The van der Waals surface area contributed by atoms with Gasteiger partial charge in [-0.3, -0.25) is 4.79 Å². The van der Waals surface area contributed by atoms with Crippen molar-refractivity contribution in [1.82, 2.24) is 4.90 Å². The number of amides is 1. The van der Waals surface area contributed by atoms with Crippen molar-refractivity contribution >= 4 is 11.6 Å². The topological polar surface area (TPSA) is 73.5 Å². The molecule has 1 aliphatic rings. The van der Waals surface area contributed by atoms with Gasteiger partial charge in [-0.1, -0.05) is 0 Å². The van der Waals surface area contributed by atoms with E-state index in [0.29, 0.717) is 6.54 Å². The van der Waals surface area contributed by atoms with Crippen molar-refractivity contribution in [1.29, 1.82) is 0 Å². The summed E-state index contributed by atoms with van der Waals surface area (Å²) in [5.74, 6) is 1.33. The molecule has 0 radical (unpaired) electrons. The Bertz CT molecular complexity index is 647. The molecule has 0 spiro atoms. The molecular weight excluding hydrogens is 306 g/mol. The Morgan fingerprint density at radius 3 is 2.54 bits per heavy atom. The van der Waals surface area contributed by atoms with Crippen molar-refractivity contribution in [3.63, 3.8) is 0 Å². The molecule has 3 N–H and O–H groups in total. The third-order valence-electron chi connectivity index (χ3n) is 4.49. The average Bonchev–Trinajstić information content (AvgIpc) is 3.15. The Labute approximate surface area is 141 Å². The van der Waals surface area contributed by atoms with Crippen LogP contribution >= 0.6 is 0 Å². The van der Waals surface area contributed by atoms with Crippen LogP contribution in [0.2, 0.25) is 0 Å². The number of hydrogen-bond donors (Lipinski definition) is 2. The molecule has 1 aromatic carbocycles. The number of quaternary nitrogens is 1. The molecule has 6 heteroatoms. The summed E-state index contributed by atoms with van der Waals surface area (Å²) in [6.07, 6.45) is 1.66. The molecule has 0 bridgehead atoms. The van der Waals surface area contributed by atoms with E-state index < -0.39 is 0 Å². The van der Waals surface area contributed by atoms with E-state index in [-0.39, 0.29) is 17.7 Å². The van der Waals surface area contributed by atoms with Gasteiger partial charge in [0.2, 0.25) is 0 Å². The number of phenolic OH excluding ortho intramolecular Hbond substituents is 1. The number of nitrogens with two attached hydrogens (primary N) is 1. The largest absolute Gasteiger partial charge is 0.508 e. The van der Waals surface area contributed by atoms with Gasteiger partial charge in [-0.15, -0.1) is 0 Å². The van der Waals surface area contributed by atoms with Crippen molar-refractivity contribution < 1.29 is 19.6 Å². The van der Waals surface area contributed by atoms with E-state index in [4.69, 9.17) is 4.42 Å². The van der Waals surface area contributed by atoms with Gasteiger partial charge < -0.3 is 24.6 Å². The van der Waals surface area contributed by atoms with Crippen LogP contribution in [0.5, 0.6) is 5.75 Å². The van der Waals surface area contributed by atoms with Crippen LogP contribution in [0.1, 0.15) is 18.7 Å². The lowest BCUT2D eigenvalue weighted by atomic mass is 10.2. The van der Waals surface area contributed by atoms with Crippen molar-refractivity contribution in [3.05, 3.63) is 48.4 Å². The highest BCUT2D eigenvalue weighted by Crippen LogP contribution is 2.19. The first kappa shape index (κ1) is 16.4. The van der Waals surface area contributed by atoms with Crippen molar-refractivity contribution in [3.8, 4) is 5.75 Å². The summed E-state index contributed by atoms with van der Waals surface area (Å²) in [5, 5.41) is 11.4. The number of carbonyl (C=O) groups excluding carboxylic acids is 1. The summed E-state index contributed by atoms with van der Waals surface area (Å²) in [4.78, 5) is 16.5. The molecule has 6 nitrogen and oxygen atoms in total. The van der Waals surface area contributed by atoms with Gasteiger partial charge in [0.15, 0.2) is 12.3 Å². The summed E-state index contributed by atoms with van der Waals surface area (Å²) in [6, 6.07) is 11.1. The first-order chi connectivity index (χ1) is 11.6. The monoisotopic (exact) mass is 330 g/mol. The molecule has 3 rings (SSSR count). The Kier molecular flexibility index (Phi) is 5.05. The highest BCUT2D eigenvalue weighted by atomic mass is 16.3. The number of carbonyl (C=O) groups is 1. The molecule has 0 saturated carbocycles. The molecule has 1 fully saturated rings. The zero-order valence-corrected chi connectivity index (χ0v) is 13.9. The molecule has 0 unspecified atom stereocenters. The number of hydrogen-bond acceptors (Lipinski definition) is 4. The van der Waals surface area contributed by atoms with E-state index in [9.17, 15) is 9.90 Å². The Hall–Kier alpha value is -2.47. The van der Waals surface area contributed by atoms with Crippen molar-refractivity contribution in [2.75, 3.05) is 37.6 Å². The van der Waals surface area contributed by atoms with Gasteiger partial charge >= 0.3 is 0 Å². The molecule has 1 atom stereocenters. The van der Waals surface area contributed by atoms with Crippen LogP contribution in [0, 0.1) is 0 Å². The third-order valence-corrected chi connectivity index (χ3v) is 4.49. The third kappa shape index (κ3) is 3.89. The first-order valence-corrected chi connectivity index (χ1v) is 8.32. The van der Waals surface area contributed by atoms with Crippen LogP contribution in [0.3, 0.4) is 0 Å². The Morgan fingerprint density at radius 1 is 1.21 bits per heavy atom. The molecule has 1 aliphatic heterocycles. The molecule has 1 aromatic heterocycles.